The van der Waals surface area contributed by atoms with Gasteiger partial charge in [-0.15, -0.1) is 0 Å². The lowest BCUT2D eigenvalue weighted by Gasteiger charge is -2.28. The number of carbonyl (C=O) groups excluding carboxylic acids is 1. The summed E-state index contributed by atoms with van der Waals surface area (Å²) in [6.45, 7) is 2.34. The molecule has 0 amide bonds. The predicted octanol–water partition coefficient (Wildman–Crippen LogP) is 0.921. The van der Waals surface area contributed by atoms with Crippen LogP contribution < -0.4 is 0 Å². The minimum Gasteiger partial charge on any atom is -0.306 e. The SMILES string of the molecule is CN1CCCC(CC#CC=O)C1. The highest BCUT2D eigenvalue weighted by Gasteiger charge is 2.15. The molecular formula is C10H15NO. The number of nitrogens with zero attached hydrogens (tertiary/aromatic N) is 1. The Morgan fingerprint density at radius 3 is 3.17 bits per heavy atom. The van der Waals surface area contributed by atoms with Gasteiger partial charge in [-0.2, -0.15) is 0 Å². The topological polar surface area (TPSA) is 20.3 Å². The molecule has 0 aromatic carbocycles. The zero-order valence-corrected chi connectivity index (χ0v) is 7.55. The van der Waals surface area contributed by atoms with Crippen LogP contribution in [-0.2, 0) is 4.79 Å². The molecule has 0 spiro atoms. The molecule has 0 bridgehead atoms. The first-order valence-electron chi connectivity index (χ1n) is 4.43. The van der Waals surface area contributed by atoms with Crippen molar-refractivity contribution in [3.63, 3.8) is 0 Å². The first kappa shape index (κ1) is 9.28. The maximum Gasteiger partial charge on any atom is 0.192 e. The van der Waals surface area contributed by atoms with Gasteiger partial charge in [-0.05, 0) is 38.3 Å². The summed E-state index contributed by atoms with van der Waals surface area (Å²) in [6, 6.07) is 0. The van der Waals surface area contributed by atoms with Crippen LogP contribution in [0, 0.1) is 17.8 Å². The van der Waals surface area contributed by atoms with Crippen LogP contribution >= 0.6 is 0 Å². The Morgan fingerprint density at radius 2 is 2.50 bits per heavy atom. The summed E-state index contributed by atoms with van der Waals surface area (Å²) < 4.78 is 0. The number of likely N-dealkylation sites (tertiary alicyclic amines) is 1. The Kier molecular flexibility index (Phi) is 3.83. The Labute approximate surface area is 73.9 Å². The molecule has 0 aromatic heterocycles. The Balaban J connectivity index is 2.27. The summed E-state index contributed by atoms with van der Waals surface area (Å²) in [5, 5.41) is 0. The van der Waals surface area contributed by atoms with Crippen LogP contribution in [0.2, 0.25) is 0 Å². The predicted molar refractivity (Wildman–Crippen MR) is 48.7 cm³/mol. The monoisotopic (exact) mass is 165 g/mol. The van der Waals surface area contributed by atoms with Gasteiger partial charge in [0.15, 0.2) is 6.29 Å². The minimum absolute atomic E-state index is 0.673. The van der Waals surface area contributed by atoms with E-state index in [2.05, 4.69) is 23.8 Å². The highest BCUT2D eigenvalue weighted by Crippen LogP contribution is 2.17. The van der Waals surface area contributed by atoms with Crippen molar-refractivity contribution in [2.24, 2.45) is 5.92 Å². The number of hydrogen-bond donors (Lipinski definition) is 0. The fourth-order valence-corrected chi connectivity index (χ4v) is 1.68. The van der Waals surface area contributed by atoms with Gasteiger partial charge in [-0.25, -0.2) is 0 Å². The van der Waals surface area contributed by atoms with E-state index in [9.17, 15) is 4.79 Å². The summed E-state index contributed by atoms with van der Waals surface area (Å²) in [6.07, 6.45) is 4.08. The van der Waals surface area contributed by atoms with Crippen LogP contribution in [0.3, 0.4) is 0 Å². The van der Waals surface area contributed by atoms with Crippen LogP contribution in [0.4, 0.5) is 0 Å². The van der Waals surface area contributed by atoms with Gasteiger partial charge in [0.2, 0.25) is 0 Å². The van der Waals surface area contributed by atoms with Crippen molar-refractivity contribution in [1.82, 2.24) is 4.90 Å². The van der Waals surface area contributed by atoms with Gasteiger partial charge in [0.25, 0.3) is 0 Å². The molecule has 1 heterocycles. The molecule has 2 nitrogen and oxygen atoms in total. The van der Waals surface area contributed by atoms with Gasteiger partial charge >= 0.3 is 0 Å². The lowest BCUT2D eigenvalue weighted by Crippen LogP contribution is -2.31. The molecule has 1 aliphatic rings. The highest BCUT2D eigenvalue weighted by molar-refractivity contribution is 5.72. The van der Waals surface area contributed by atoms with Crippen molar-refractivity contribution in [3.05, 3.63) is 0 Å². The zero-order valence-electron chi connectivity index (χ0n) is 7.55. The molecule has 0 saturated carbocycles. The molecule has 1 atom stereocenters. The van der Waals surface area contributed by atoms with E-state index in [0.717, 1.165) is 13.0 Å². The normalized spacial score (nSPS) is 24.2. The third kappa shape index (κ3) is 3.06. The molecule has 1 saturated heterocycles. The van der Waals surface area contributed by atoms with Crippen LogP contribution in [0.25, 0.3) is 0 Å². The van der Waals surface area contributed by atoms with E-state index in [1.165, 1.54) is 19.4 Å². The lowest BCUT2D eigenvalue weighted by atomic mass is 9.95. The first-order chi connectivity index (χ1) is 5.83. The van der Waals surface area contributed by atoms with Crippen LogP contribution in [0.15, 0.2) is 0 Å². The molecule has 66 valence electrons. The molecule has 0 N–H and O–H groups in total. The Bertz CT molecular complexity index is 202. The highest BCUT2D eigenvalue weighted by atomic mass is 16.1. The van der Waals surface area contributed by atoms with E-state index in [4.69, 9.17) is 0 Å². The van der Waals surface area contributed by atoms with Crippen molar-refractivity contribution in [2.45, 2.75) is 19.3 Å². The fourth-order valence-electron chi connectivity index (χ4n) is 1.68. The second-order valence-corrected chi connectivity index (χ2v) is 3.41. The van der Waals surface area contributed by atoms with E-state index >= 15 is 0 Å². The van der Waals surface area contributed by atoms with Gasteiger partial charge < -0.3 is 4.90 Å². The molecule has 1 aliphatic heterocycles. The number of carbonyl (C=O) groups is 1. The summed E-state index contributed by atoms with van der Waals surface area (Å²) in [5.41, 5.74) is 0. The number of piperidine rings is 1. The van der Waals surface area contributed by atoms with E-state index < -0.39 is 0 Å². The van der Waals surface area contributed by atoms with Crippen molar-refractivity contribution in [1.29, 1.82) is 0 Å². The average Bonchev–Trinajstić information content (AvgIpc) is 2.05. The van der Waals surface area contributed by atoms with E-state index in [0.29, 0.717) is 12.2 Å². The number of rotatable bonds is 1. The molecule has 0 aromatic rings. The second-order valence-electron chi connectivity index (χ2n) is 3.41. The average molecular weight is 165 g/mol. The first-order valence-corrected chi connectivity index (χ1v) is 4.43. The zero-order chi connectivity index (χ0) is 8.81. The lowest BCUT2D eigenvalue weighted by molar-refractivity contribution is -0.103. The third-order valence-electron chi connectivity index (χ3n) is 2.27. The largest absolute Gasteiger partial charge is 0.306 e. The van der Waals surface area contributed by atoms with Crippen LogP contribution in [0.5, 0.6) is 0 Å². The standard InChI is InChI=1S/C10H15NO/c1-11-7-4-6-10(9-11)5-2-3-8-12/h8,10H,4-7,9H2,1H3. The smallest absolute Gasteiger partial charge is 0.192 e. The molecule has 1 rings (SSSR count). The van der Waals surface area contributed by atoms with Gasteiger partial charge in [0.1, 0.15) is 0 Å². The molecule has 2 heteroatoms. The Morgan fingerprint density at radius 1 is 1.67 bits per heavy atom. The molecule has 1 fully saturated rings. The van der Waals surface area contributed by atoms with Gasteiger partial charge in [0.05, 0.1) is 0 Å². The Hall–Kier alpha value is -0.810. The van der Waals surface area contributed by atoms with Crippen LogP contribution in [-0.4, -0.2) is 31.3 Å². The summed E-state index contributed by atoms with van der Waals surface area (Å²) in [7, 11) is 2.14. The van der Waals surface area contributed by atoms with E-state index in [-0.39, 0.29) is 0 Å². The quantitative estimate of drug-likeness (QED) is 0.425. The summed E-state index contributed by atoms with van der Waals surface area (Å²) in [5.74, 6) is 6.02. The second kappa shape index (κ2) is 4.95. The molecule has 1 unspecified atom stereocenters. The van der Waals surface area contributed by atoms with Gasteiger partial charge in [0, 0.05) is 13.0 Å². The third-order valence-corrected chi connectivity index (χ3v) is 2.27. The molecule has 0 radical (unpaired) electrons. The molecule has 0 aliphatic carbocycles. The fraction of sp³-hybridized carbons (Fsp3) is 0.700. The number of aldehydes is 1. The molecule has 12 heavy (non-hydrogen) atoms. The van der Waals surface area contributed by atoms with Gasteiger partial charge in [-0.1, -0.05) is 5.92 Å². The summed E-state index contributed by atoms with van der Waals surface area (Å²) >= 11 is 0. The van der Waals surface area contributed by atoms with Gasteiger partial charge in [-0.3, -0.25) is 4.79 Å². The van der Waals surface area contributed by atoms with Crippen LogP contribution in [0.1, 0.15) is 19.3 Å². The minimum atomic E-state index is 0.673. The van der Waals surface area contributed by atoms with Crippen molar-refractivity contribution in [3.8, 4) is 11.8 Å². The maximum absolute atomic E-state index is 9.93. The van der Waals surface area contributed by atoms with Crippen molar-refractivity contribution in [2.75, 3.05) is 20.1 Å². The number of hydrogen-bond acceptors (Lipinski definition) is 2. The van der Waals surface area contributed by atoms with E-state index in [1.54, 1.807) is 0 Å². The maximum atomic E-state index is 9.93. The van der Waals surface area contributed by atoms with Crippen molar-refractivity contribution >= 4 is 6.29 Å². The molecular weight excluding hydrogens is 150 g/mol. The van der Waals surface area contributed by atoms with E-state index in [1.807, 2.05) is 0 Å². The van der Waals surface area contributed by atoms with Crippen molar-refractivity contribution < 1.29 is 4.79 Å². The summed E-state index contributed by atoms with van der Waals surface area (Å²) in [4.78, 5) is 12.3.